The lowest BCUT2D eigenvalue weighted by atomic mass is 9.83. The number of nitrogens with zero attached hydrogens (tertiary/aromatic N) is 1. The normalized spacial score (nSPS) is 30.2. The lowest BCUT2D eigenvalue weighted by Crippen LogP contribution is -2.44. The van der Waals surface area contributed by atoms with Crippen LogP contribution in [-0.2, 0) is 4.79 Å². The molecule has 1 aliphatic carbocycles. The fourth-order valence-electron chi connectivity index (χ4n) is 2.70. The first-order valence-corrected chi connectivity index (χ1v) is 7.24. The van der Waals surface area contributed by atoms with E-state index in [0.717, 1.165) is 30.2 Å². The number of fused-ring (bicyclic) bond motifs is 1. The number of amides is 1. The molecule has 19 heavy (non-hydrogen) atoms. The molecule has 6 heteroatoms. The maximum Gasteiger partial charge on any atom is 0.266 e. The molecule has 1 aromatic heterocycles. The zero-order chi connectivity index (χ0) is 13.4. The summed E-state index contributed by atoms with van der Waals surface area (Å²) in [7, 11) is 0. The molecule has 2 aliphatic rings. The summed E-state index contributed by atoms with van der Waals surface area (Å²) in [5.74, 6) is 1.10. The molecule has 0 saturated heterocycles. The summed E-state index contributed by atoms with van der Waals surface area (Å²) < 4.78 is 6.63. The number of carbonyl (C=O) groups excluding carboxylic acids is 1. The van der Waals surface area contributed by atoms with Crippen LogP contribution in [0.3, 0.4) is 0 Å². The molecule has 1 amide bonds. The van der Waals surface area contributed by atoms with Gasteiger partial charge in [0.25, 0.3) is 5.91 Å². The van der Waals surface area contributed by atoms with Crippen LogP contribution >= 0.6 is 15.9 Å². The molecule has 0 bridgehead atoms. The summed E-state index contributed by atoms with van der Waals surface area (Å²) in [6.45, 7) is 0. The van der Waals surface area contributed by atoms with Gasteiger partial charge in [0.2, 0.25) is 0 Å². The van der Waals surface area contributed by atoms with E-state index in [1.807, 2.05) is 6.07 Å². The van der Waals surface area contributed by atoms with Crippen LogP contribution in [0.15, 0.2) is 16.7 Å². The summed E-state index contributed by atoms with van der Waals surface area (Å²) in [6, 6.07) is 1.81. The smallest absolute Gasteiger partial charge is 0.266 e. The predicted molar refractivity (Wildman–Crippen MR) is 72.9 cm³/mol. The van der Waals surface area contributed by atoms with Crippen LogP contribution in [-0.4, -0.2) is 28.2 Å². The van der Waals surface area contributed by atoms with Crippen molar-refractivity contribution in [2.24, 2.45) is 5.92 Å². The van der Waals surface area contributed by atoms with Crippen molar-refractivity contribution in [3.8, 4) is 5.75 Å². The van der Waals surface area contributed by atoms with Crippen molar-refractivity contribution in [2.45, 2.75) is 37.9 Å². The second-order valence-electron chi connectivity index (χ2n) is 5.10. The van der Waals surface area contributed by atoms with Gasteiger partial charge in [0.15, 0.2) is 17.7 Å². The minimum Gasteiger partial charge on any atom is -0.476 e. The third kappa shape index (κ3) is 2.60. The maximum absolute atomic E-state index is 12.1. The van der Waals surface area contributed by atoms with E-state index in [1.165, 1.54) is 0 Å². The zero-order valence-corrected chi connectivity index (χ0v) is 11.9. The summed E-state index contributed by atoms with van der Waals surface area (Å²) >= 11 is 3.34. The van der Waals surface area contributed by atoms with Gasteiger partial charge in [-0.3, -0.25) is 4.79 Å². The van der Waals surface area contributed by atoms with Crippen LogP contribution in [0.5, 0.6) is 5.75 Å². The van der Waals surface area contributed by atoms with Gasteiger partial charge in [-0.05, 0) is 47.7 Å². The van der Waals surface area contributed by atoms with Gasteiger partial charge < -0.3 is 15.2 Å². The molecule has 1 unspecified atom stereocenters. The summed E-state index contributed by atoms with van der Waals surface area (Å²) in [4.78, 5) is 16.2. The first-order chi connectivity index (χ1) is 9.13. The third-order valence-electron chi connectivity index (χ3n) is 3.74. The SMILES string of the molecule is O=C1Nc2ncc(Br)cc2OC1C1CCC(O)CC1. The molecule has 5 nitrogen and oxygen atoms in total. The van der Waals surface area contributed by atoms with Crippen LogP contribution in [0, 0.1) is 5.92 Å². The lowest BCUT2D eigenvalue weighted by molar-refractivity contribution is -0.127. The zero-order valence-electron chi connectivity index (χ0n) is 10.3. The highest BCUT2D eigenvalue weighted by atomic mass is 79.9. The molecule has 1 atom stereocenters. The quantitative estimate of drug-likeness (QED) is 0.829. The minimum absolute atomic E-state index is 0.135. The highest BCUT2D eigenvalue weighted by Gasteiger charge is 2.37. The standard InChI is InChI=1S/C13H15BrN2O3/c14-8-5-10-12(15-6-8)16-13(18)11(19-10)7-1-3-9(17)4-2-7/h5-7,9,11,17H,1-4H2,(H,15,16,18). The molecule has 2 N–H and O–H groups in total. The molecule has 102 valence electrons. The van der Waals surface area contributed by atoms with Crippen molar-refractivity contribution >= 4 is 27.7 Å². The van der Waals surface area contributed by atoms with Gasteiger partial charge in [0.05, 0.1) is 6.10 Å². The number of anilines is 1. The summed E-state index contributed by atoms with van der Waals surface area (Å²) in [6.07, 6.45) is 4.02. The molecular formula is C13H15BrN2O3. The highest BCUT2D eigenvalue weighted by Crippen LogP contribution is 2.35. The Bertz CT molecular complexity index is 501. The van der Waals surface area contributed by atoms with Crippen LogP contribution in [0.1, 0.15) is 25.7 Å². The molecule has 0 spiro atoms. The number of carbonyl (C=O) groups is 1. The van der Waals surface area contributed by atoms with Crippen LogP contribution < -0.4 is 10.1 Å². The Kier molecular flexibility index (Phi) is 3.45. The van der Waals surface area contributed by atoms with Crippen LogP contribution in [0.4, 0.5) is 5.82 Å². The molecule has 0 radical (unpaired) electrons. The fraction of sp³-hybridized carbons (Fsp3) is 0.538. The predicted octanol–water partition coefficient (Wildman–Crippen LogP) is 2.09. The van der Waals surface area contributed by atoms with Gasteiger partial charge in [-0.15, -0.1) is 0 Å². The molecule has 1 aliphatic heterocycles. The average Bonchev–Trinajstić information content (AvgIpc) is 2.40. The van der Waals surface area contributed by atoms with Gasteiger partial charge in [-0.1, -0.05) is 0 Å². The van der Waals surface area contributed by atoms with Crippen molar-refractivity contribution in [2.75, 3.05) is 5.32 Å². The molecule has 3 rings (SSSR count). The molecule has 2 heterocycles. The first-order valence-electron chi connectivity index (χ1n) is 6.44. The number of pyridine rings is 1. The largest absolute Gasteiger partial charge is 0.476 e. The van der Waals surface area contributed by atoms with Gasteiger partial charge >= 0.3 is 0 Å². The van der Waals surface area contributed by atoms with E-state index in [1.54, 1.807) is 6.20 Å². The minimum atomic E-state index is -0.476. The van der Waals surface area contributed by atoms with Gasteiger partial charge in [-0.2, -0.15) is 0 Å². The van der Waals surface area contributed by atoms with Crippen LogP contribution in [0.25, 0.3) is 0 Å². The number of nitrogens with one attached hydrogen (secondary N) is 1. The number of hydrogen-bond donors (Lipinski definition) is 2. The Balaban J connectivity index is 1.79. The summed E-state index contributed by atoms with van der Waals surface area (Å²) in [5, 5.41) is 12.3. The van der Waals surface area contributed by atoms with Crippen LogP contribution in [0.2, 0.25) is 0 Å². The number of aliphatic hydroxyl groups is 1. The molecule has 1 fully saturated rings. The third-order valence-corrected chi connectivity index (χ3v) is 4.18. The van der Waals surface area contributed by atoms with E-state index >= 15 is 0 Å². The molecule has 1 aromatic rings. The van der Waals surface area contributed by atoms with Crippen molar-refractivity contribution in [3.05, 3.63) is 16.7 Å². The average molecular weight is 327 g/mol. The van der Waals surface area contributed by atoms with Gasteiger partial charge in [-0.25, -0.2) is 4.98 Å². The van der Waals surface area contributed by atoms with E-state index in [9.17, 15) is 9.90 Å². The van der Waals surface area contributed by atoms with Crippen molar-refractivity contribution in [3.63, 3.8) is 0 Å². The van der Waals surface area contributed by atoms with E-state index in [2.05, 4.69) is 26.2 Å². The Hall–Kier alpha value is -1.14. The highest BCUT2D eigenvalue weighted by molar-refractivity contribution is 9.10. The molecule has 1 saturated carbocycles. The number of halogens is 1. The fourth-order valence-corrected chi connectivity index (χ4v) is 3.01. The number of ether oxygens (including phenoxy) is 1. The van der Waals surface area contributed by atoms with Gasteiger partial charge in [0, 0.05) is 16.6 Å². The van der Waals surface area contributed by atoms with E-state index in [4.69, 9.17) is 4.74 Å². The second-order valence-corrected chi connectivity index (χ2v) is 6.01. The monoisotopic (exact) mass is 326 g/mol. The lowest BCUT2D eigenvalue weighted by Gasteiger charge is -2.34. The molecular weight excluding hydrogens is 312 g/mol. The Morgan fingerprint density at radius 1 is 1.37 bits per heavy atom. The summed E-state index contributed by atoms with van der Waals surface area (Å²) in [5.41, 5.74) is 0. The number of hydrogen-bond acceptors (Lipinski definition) is 4. The Labute approximate surface area is 119 Å². The Morgan fingerprint density at radius 3 is 2.84 bits per heavy atom. The first kappa shape index (κ1) is 12.9. The van der Waals surface area contributed by atoms with Crippen molar-refractivity contribution in [1.82, 2.24) is 4.98 Å². The second kappa shape index (κ2) is 5.09. The van der Waals surface area contributed by atoms with Crippen molar-refractivity contribution in [1.29, 1.82) is 0 Å². The number of rotatable bonds is 1. The number of aromatic nitrogens is 1. The Morgan fingerprint density at radius 2 is 2.11 bits per heavy atom. The van der Waals surface area contributed by atoms with Gasteiger partial charge in [0.1, 0.15) is 0 Å². The van der Waals surface area contributed by atoms with E-state index in [-0.39, 0.29) is 17.9 Å². The van der Waals surface area contributed by atoms with Crippen molar-refractivity contribution < 1.29 is 14.6 Å². The number of aliphatic hydroxyl groups excluding tert-OH is 1. The maximum atomic E-state index is 12.1. The van der Waals surface area contributed by atoms with E-state index < -0.39 is 6.10 Å². The molecule has 0 aromatic carbocycles. The topological polar surface area (TPSA) is 71.5 Å². The van der Waals surface area contributed by atoms with E-state index in [0.29, 0.717) is 11.6 Å².